The zero-order chi connectivity index (χ0) is 13.0. The van der Waals surface area contributed by atoms with E-state index in [0.29, 0.717) is 17.0 Å². The minimum absolute atomic E-state index is 0.521. The van der Waals surface area contributed by atoms with Crippen LogP contribution in [0, 0.1) is 17.2 Å². The van der Waals surface area contributed by atoms with E-state index in [9.17, 15) is 4.79 Å². The van der Waals surface area contributed by atoms with E-state index < -0.39 is 0 Å². The Morgan fingerprint density at radius 2 is 2.44 bits per heavy atom. The molecule has 1 aromatic rings. The highest BCUT2D eigenvalue weighted by atomic mass is 16.5. The Balaban J connectivity index is 2.19. The average Bonchev–Trinajstić information content (AvgIpc) is 2.87. The van der Waals surface area contributed by atoms with Crippen LogP contribution >= 0.6 is 0 Å². The van der Waals surface area contributed by atoms with Gasteiger partial charge in [0.1, 0.15) is 12.4 Å². The predicted octanol–water partition coefficient (Wildman–Crippen LogP) is 1.84. The number of hydrogen-bond donors (Lipinski definition) is 0. The van der Waals surface area contributed by atoms with E-state index in [1.165, 1.54) is 0 Å². The highest BCUT2D eigenvalue weighted by Crippen LogP contribution is 2.27. The lowest BCUT2D eigenvalue weighted by molar-refractivity contribution is 0.112. The van der Waals surface area contributed by atoms with Crippen molar-refractivity contribution >= 4 is 12.0 Å². The summed E-state index contributed by atoms with van der Waals surface area (Å²) in [5.74, 6) is 0.521. The fraction of sp³-hybridized carbons (Fsp3) is 0.429. The third kappa shape index (κ3) is 2.52. The molecule has 4 heteroatoms. The summed E-state index contributed by atoms with van der Waals surface area (Å²) < 4.78 is 5.17. The van der Waals surface area contributed by atoms with Crippen LogP contribution < -0.4 is 4.90 Å². The molecular formula is C14H16N2O2. The van der Waals surface area contributed by atoms with Crippen LogP contribution in [-0.4, -0.2) is 33.1 Å². The molecule has 2 rings (SSSR count). The van der Waals surface area contributed by atoms with Crippen LogP contribution in [0.4, 0.5) is 5.69 Å². The van der Waals surface area contributed by atoms with E-state index in [0.717, 1.165) is 38.1 Å². The highest BCUT2D eigenvalue weighted by Gasteiger charge is 2.24. The van der Waals surface area contributed by atoms with Gasteiger partial charge in [0.05, 0.1) is 17.9 Å². The lowest BCUT2D eigenvalue weighted by atomic mass is 10.1. The van der Waals surface area contributed by atoms with Gasteiger partial charge in [-0.05, 0) is 24.6 Å². The normalized spacial score (nSPS) is 18.7. The minimum Gasteiger partial charge on any atom is -0.384 e. The molecule has 1 aromatic carbocycles. The first-order chi connectivity index (χ1) is 8.78. The van der Waals surface area contributed by atoms with Crippen molar-refractivity contribution in [3.05, 3.63) is 29.3 Å². The Hall–Kier alpha value is -1.86. The van der Waals surface area contributed by atoms with Crippen LogP contribution in [0.2, 0.25) is 0 Å². The van der Waals surface area contributed by atoms with Crippen molar-refractivity contribution in [2.75, 3.05) is 31.7 Å². The van der Waals surface area contributed by atoms with E-state index in [4.69, 9.17) is 10.00 Å². The Kier molecular flexibility index (Phi) is 3.96. The van der Waals surface area contributed by atoms with Gasteiger partial charge in [-0.2, -0.15) is 5.26 Å². The fourth-order valence-corrected chi connectivity index (χ4v) is 2.42. The number of nitriles is 1. The second-order valence-electron chi connectivity index (χ2n) is 4.56. The molecule has 1 unspecified atom stereocenters. The van der Waals surface area contributed by atoms with E-state index in [2.05, 4.69) is 11.0 Å². The van der Waals surface area contributed by atoms with Crippen LogP contribution in [0.1, 0.15) is 22.3 Å². The number of nitrogens with zero attached hydrogens (tertiary/aromatic N) is 2. The number of ether oxygens (including phenoxy) is 1. The molecule has 0 amide bonds. The Morgan fingerprint density at radius 1 is 1.61 bits per heavy atom. The molecule has 94 valence electrons. The van der Waals surface area contributed by atoms with E-state index in [-0.39, 0.29) is 0 Å². The molecule has 0 N–H and O–H groups in total. The van der Waals surface area contributed by atoms with E-state index >= 15 is 0 Å². The van der Waals surface area contributed by atoms with Gasteiger partial charge in [0.15, 0.2) is 0 Å². The third-order valence-corrected chi connectivity index (χ3v) is 3.31. The SMILES string of the molecule is COCC1CCN(c2ccc(C=O)cc2C#N)C1. The van der Waals surface area contributed by atoms with Crippen LogP contribution in [0.5, 0.6) is 0 Å². The number of carbonyl (C=O) groups is 1. The summed E-state index contributed by atoms with van der Waals surface area (Å²) in [7, 11) is 1.71. The van der Waals surface area contributed by atoms with Crippen LogP contribution in [0.3, 0.4) is 0 Å². The number of methoxy groups -OCH3 is 1. The van der Waals surface area contributed by atoms with Crippen LogP contribution in [0.25, 0.3) is 0 Å². The molecule has 0 spiro atoms. The molecule has 1 saturated heterocycles. The summed E-state index contributed by atoms with van der Waals surface area (Å²) in [6.07, 6.45) is 1.84. The van der Waals surface area contributed by atoms with Crippen LogP contribution in [-0.2, 0) is 4.74 Å². The number of carbonyl (C=O) groups excluding carboxylic acids is 1. The van der Waals surface area contributed by atoms with E-state index in [1.54, 1.807) is 19.2 Å². The van der Waals surface area contributed by atoms with Crippen molar-refractivity contribution in [3.63, 3.8) is 0 Å². The van der Waals surface area contributed by atoms with Gasteiger partial charge >= 0.3 is 0 Å². The molecule has 1 heterocycles. The third-order valence-electron chi connectivity index (χ3n) is 3.31. The van der Waals surface area contributed by atoms with Crippen molar-refractivity contribution in [3.8, 4) is 6.07 Å². The number of benzene rings is 1. The van der Waals surface area contributed by atoms with Crippen molar-refractivity contribution in [2.45, 2.75) is 6.42 Å². The maximum absolute atomic E-state index is 10.7. The molecule has 0 saturated carbocycles. The standard InChI is InChI=1S/C14H16N2O2/c1-18-10-12-4-5-16(8-12)14-3-2-11(9-17)6-13(14)7-15/h2-3,6,9,12H,4-5,8,10H2,1H3. The van der Waals surface area contributed by atoms with Gasteiger partial charge in [0.25, 0.3) is 0 Å². The molecule has 0 aromatic heterocycles. The van der Waals surface area contributed by atoms with Gasteiger partial charge in [-0.25, -0.2) is 0 Å². The second-order valence-corrected chi connectivity index (χ2v) is 4.56. The lowest BCUT2D eigenvalue weighted by Crippen LogP contribution is -2.21. The lowest BCUT2D eigenvalue weighted by Gasteiger charge is -2.20. The molecular weight excluding hydrogens is 228 g/mol. The molecule has 0 bridgehead atoms. The quantitative estimate of drug-likeness (QED) is 0.758. The molecule has 18 heavy (non-hydrogen) atoms. The molecule has 1 aliphatic heterocycles. The van der Waals surface area contributed by atoms with Gasteiger partial charge in [0.2, 0.25) is 0 Å². The number of hydrogen-bond acceptors (Lipinski definition) is 4. The Morgan fingerprint density at radius 3 is 3.11 bits per heavy atom. The molecule has 0 radical (unpaired) electrons. The Bertz CT molecular complexity index is 479. The van der Waals surface area contributed by atoms with Crippen molar-refractivity contribution in [2.24, 2.45) is 5.92 Å². The summed E-state index contributed by atoms with van der Waals surface area (Å²) in [5, 5.41) is 9.15. The molecule has 0 aliphatic carbocycles. The second kappa shape index (κ2) is 5.65. The number of anilines is 1. The molecule has 1 atom stereocenters. The monoisotopic (exact) mass is 244 g/mol. The largest absolute Gasteiger partial charge is 0.384 e. The Labute approximate surface area is 107 Å². The number of rotatable bonds is 4. The van der Waals surface area contributed by atoms with Crippen molar-refractivity contribution < 1.29 is 9.53 Å². The van der Waals surface area contributed by atoms with Gasteiger partial charge in [0, 0.05) is 31.7 Å². The first-order valence-electron chi connectivity index (χ1n) is 6.01. The maximum atomic E-state index is 10.7. The zero-order valence-electron chi connectivity index (χ0n) is 10.4. The van der Waals surface area contributed by atoms with Gasteiger partial charge in [-0.15, -0.1) is 0 Å². The van der Waals surface area contributed by atoms with Crippen LogP contribution in [0.15, 0.2) is 18.2 Å². The first kappa shape index (κ1) is 12.6. The maximum Gasteiger partial charge on any atom is 0.150 e. The fourth-order valence-electron chi connectivity index (χ4n) is 2.42. The van der Waals surface area contributed by atoms with E-state index in [1.807, 2.05) is 6.07 Å². The van der Waals surface area contributed by atoms with Gasteiger partial charge in [-0.1, -0.05) is 0 Å². The summed E-state index contributed by atoms with van der Waals surface area (Å²) >= 11 is 0. The minimum atomic E-state index is 0.521. The van der Waals surface area contributed by atoms with Crippen molar-refractivity contribution in [1.29, 1.82) is 5.26 Å². The summed E-state index contributed by atoms with van der Waals surface area (Å²) in [5.41, 5.74) is 2.03. The average molecular weight is 244 g/mol. The topological polar surface area (TPSA) is 53.3 Å². The van der Waals surface area contributed by atoms with Gasteiger partial charge in [-0.3, -0.25) is 4.79 Å². The van der Waals surface area contributed by atoms with Gasteiger partial charge < -0.3 is 9.64 Å². The molecule has 1 fully saturated rings. The van der Waals surface area contributed by atoms with Crippen molar-refractivity contribution in [1.82, 2.24) is 0 Å². The summed E-state index contributed by atoms with van der Waals surface area (Å²) in [4.78, 5) is 12.9. The zero-order valence-corrected chi connectivity index (χ0v) is 10.4. The molecule has 4 nitrogen and oxygen atoms in total. The smallest absolute Gasteiger partial charge is 0.150 e. The highest BCUT2D eigenvalue weighted by molar-refractivity contribution is 5.78. The number of aldehydes is 1. The molecule has 1 aliphatic rings. The predicted molar refractivity (Wildman–Crippen MR) is 68.7 cm³/mol. The summed E-state index contributed by atoms with van der Waals surface area (Å²) in [6.45, 7) is 2.59. The summed E-state index contributed by atoms with van der Waals surface area (Å²) in [6, 6.07) is 7.42. The first-order valence-corrected chi connectivity index (χ1v) is 6.01.